The molecular weight excluding hydrogens is 430 g/mol. The highest BCUT2D eigenvalue weighted by Crippen LogP contribution is 2.36. The third-order valence-electron chi connectivity index (χ3n) is 4.91. The molecule has 0 amide bonds. The first kappa shape index (κ1) is 20.4. The number of anilines is 1. The van der Waals surface area contributed by atoms with Gasteiger partial charge in [-0.1, -0.05) is 17.7 Å². The van der Waals surface area contributed by atoms with Gasteiger partial charge in [0.05, 0.1) is 9.82 Å². The molecule has 1 aliphatic rings. The lowest BCUT2D eigenvalue weighted by Gasteiger charge is -2.26. The molecule has 1 fully saturated rings. The SMILES string of the molecule is O=[N+]([O-])c1cccc(-c2nc(S(=O)(=O)c3ccc(Cl)cc3)c(N3CCCCC3)o2)c1. The lowest BCUT2D eigenvalue weighted by atomic mass is 10.1. The predicted octanol–water partition coefficient (Wildman–Crippen LogP) is 4.73. The molecule has 0 spiro atoms. The first-order valence-electron chi connectivity index (χ1n) is 9.37. The smallest absolute Gasteiger partial charge is 0.270 e. The number of oxazole rings is 1. The highest BCUT2D eigenvalue weighted by Gasteiger charge is 2.32. The lowest BCUT2D eigenvalue weighted by Crippen LogP contribution is -2.30. The van der Waals surface area contributed by atoms with Gasteiger partial charge in [0.25, 0.3) is 5.69 Å². The number of benzene rings is 2. The molecule has 156 valence electrons. The molecule has 1 aromatic heterocycles. The van der Waals surface area contributed by atoms with E-state index < -0.39 is 14.8 Å². The molecule has 1 aliphatic heterocycles. The van der Waals surface area contributed by atoms with Gasteiger partial charge in [-0.2, -0.15) is 4.98 Å². The Hall–Kier alpha value is -2.91. The molecule has 3 aromatic rings. The molecule has 4 rings (SSSR count). The van der Waals surface area contributed by atoms with Crippen LogP contribution in [0.3, 0.4) is 0 Å². The van der Waals surface area contributed by atoms with Crippen molar-refractivity contribution in [2.24, 2.45) is 0 Å². The summed E-state index contributed by atoms with van der Waals surface area (Å²) in [6.07, 6.45) is 2.88. The zero-order valence-electron chi connectivity index (χ0n) is 15.8. The summed E-state index contributed by atoms with van der Waals surface area (Å²) in [4.78, 5) is 16.8. The van der Waals surface area contributed by atoms with Crippen LogP contribution < -0.4 is 4.90 Å². The normalized spacial score (nSPS) is 14.6. The molecule has 2 heterocycles. The van der Waals surface area contributed by atoms with Crippen molar-refractivity contribution in [3.8, 4) is 11.5 Å². The Morgan fingerprint density at radius 3 is 2.43 bits per heavy atom. The number of non-ortho nitro benzene ring substituents is 1. The second-order valence-corrected chi connectivity index (χ2v) is 9.24. The Morgan fingerprint density at radius 2 is 1.77 bits per heavy atom. The Morgan fingerprint density at radius 1 is 1.07 bits per heavy atom. The highest BCUT2D eigenvalue weighted by molar-refractivity contribution is 7.91. The minimum atomic E-state index is -3.99. The molecule has 0 saturated carbocycles. The molecule has 1 saturated heterocycles. The van der Waals surface area contributed by atoms with Gasteiger partial charge in [-0.05, 0) is 49.6 Å². The summed E-state index contributed by atoms with van der Waals surface area (Å²) in [5.41, 5.74) is 0.201. The largest absolute Gasteiger partial charge is 0.419 e. The van der Waals surface area contributed by atoms with Crippen molar-refractivity contribution in [2.45, 2.75) is 29.2 Å². The summed E-state index contributed by atoms with van der Waals surface area (Å²) in [6, 6.07) is 11.6. The van der Waals surface area contributed by atoms with Gasteiger partial charge in [0.1, 0.15) is 0 Å². The number of hydrogen-bond donors (Lipinski definition) is 0. The number of nitro benzene ring substituents is 1. The molecule has 30 heavy (non-hydrogen) atoms. The van der Waals surface area contributed by atoms with Crippen LogP contribution in [0.2, 0.25) is 5.02 Å². The number of nitrogens with zero attached hydrogens (tertiary/aromatic N) is 3. The van der Waals surface area contributed by atoms with Crippen molar-refractivity contribution in [1.29, 1.82) is 0 Å². The first-order valence-corrected chi connectivity index (χ1v) is 11.2. The molecule has 0 N–H and O–H groups in total. The van der Waals surface area contributed by atoms with Crippen LogP contribution in [0.25, 0.3) is 11.5 Å². The Bertz CT molecular complexity index is 1190. The number of sulfone groups is 1. The molecule has 8 nitrogen and oxygen atoms in total. The quantitative estimate of drug-likeness (QED) is 0.411. The average Bonchev–Trinajstić information content (AvgIpc) is 3.21. The number of nitro groups is 1. The van der Waals surface area contributed by atoms with E-state index in [1.807, 2.05) is 4.90 Å². The van der Waals surface area contributed by atoms with Gasteiger partial charge in [0.15, 0.2) is 0 Å². The zero-order chi connectivity index (χ0) is 21.3. The summed E-state index contributed by atoms with van der Waals surface area (Å²) in [5, 5.41) is 11.3. The van der Waals surface area contributed by atoms with Crippen LogP contribution in [0.15, 0.2) is 62.9 Å². The van der Waals surface area contributed by atoms with Crippen LogP contribution in [0.4, 0.5) is 11.6 Å². The van der Waals surface area contributed by atoms with Gasteiger partial charge in [-0.15, -0.1) is 0 Å². The maximum Gasteiger partial charge on any atom is 0.270 e. The second-order valence-electron chi connectivity index (χ2n) is 6.94. The maximum atomic E-state index is 13.3. The minimum absolute atomic E-state index is 0.0202. The summed E-state index contributed by atoms with van der Waals surface area (Å²) in [7, 11) is -3.99. The molecule has 0 bridgehead atoms. The van der Waals surface area contributed by atoms with Crippen LogP contribution in [0.5, 0.6) is 0 Å². The van der Waals surface area contributed by atoms with Gasteiger partial charge in [-0.25, -0.2) is 8.42 Å². The minimum Gasteiger partial charge on any atom is -0.419 e. The molecular formula is C20H18ClN3O5S. The number of halogens is 1. The van der Waals surface area contributed by atoms with Crippen molar-refractivity contribution in [3.05, 3.63) is 63.7 Å². The standard InChI is InChI=1S/C20H18ClN3O5S/c21-15-7-9-17(10-8-15)30(27,28)19-20(23-11-2-1-3-12-23)29-18(22-19)14-5-4-6-16(13-14)24(25)26/h4-10,13H,1-3,11-12H2. The zero-order valence-corrected chi connectivity index (χ0v) is 17.4. The van der Waals surface area contributed by atoms with Gasteiger partial charge in [0, 0.05) is 35.8 Å². The Balaban J connectivity index is 1.85. The van der Waals surface area contributed by atoms with E-state index in [4.69, 9.17) is 16.0 Å². The summed E-state index contributed by atoms with van der Waals surface area (Å²) in [6.45, 7) is 1.29. The van der Waals surface area contributed by atoms with E-state index in [9.17, 15) is 18.5 Å². The third kappa shape index (κ3) is 3.90. The monoisotopic (exact) mass is 447 g/mol. The average molecular weight is 448 g/mol. The van der Waals surface area contributed by atoms with E-state index in [1.165, 1.54) is 42.5 Å². The van der Waals surface area contributed by atoms with Crippen molar-refractivity contribution in [1.82, 2.24) is 4.98 Å². The van der Waals surface area contributed by atoms with E-state index in [-0.39, 0.29) is 27.4 Å². The predicted molar refractivity (Wildman–Crippen MR) is 112 cm³/mol. The topological polar surface area (TPSA) is 107 Å². The molecule has 10 heteroatoms. The van der Waals surface area contributed by atoms with Gasteiger partial charge in [-0.3, -0.25) is 10.1 Å². The van der Waals surface area contributed by atoms with E-state index in [2.05, 4.69) is 4.98 Å². The lowest BCUT2D eigenvalue weighted by molar-refractivity contribution is -0.384. The third-order valence-corrected chi connectivity index (χ3v) is 6.82. The molecule has 0 aliphatic carbocycles. The van der Waals surface area contributed by atoms with E-state index in [0.29, 0.717) is 23.7 Å². The fraction of sp³-hybridized carbons (Fsp3) is 0.250. The first-order chi connectivity index (χ1) is 14.4. The van der Waals surface area contributed by atoms with Gasteiger partial charge in [0.2, 0.25) is 26.6 Å². The van der Waals surface area contributed by atoms with Crippen LogP contribution >= 0.6 is 11.6 Å². The van der Waals surface area contributed by atoms with Crippen LogP contribution in [-0.2, 0) is 9.84 Å². The number of aromatic nitrogens is 1. The van der Waals surface area contributed by atoms with Crippen molar-refractivity contribution < 1.29 is 17.8 Å². The van der Waals surface area contributed by atoms with Crippen LogP contribution in [-0.4, -0.2) is 31.4 Å². The number of hydrogen-bond acceptors (Lipinski definition) is 7. The fourth-order valence-electron chi connectivity index (χ4n) is 3.37. The summed E-state index contributed by atoms with van der Waals surface area (Å²) >= 11 is 5.89. The van der Waals surface area contributed by atoms with Crippen molar-refractivity contribution in [3.63, 3.8) is 0 Å². The Kier molecular flexibility index (Phi) is 5.48. The summed E-state index contributed by atoms with van der Waals surface area (Å²) < 4.78 is 32.5. The number of piperidine rings is 1. The summed E-state index contributed by atoms with van der Waals surface area (Å²) in [5.74, 6) is 0.179. The fourth-order valence-corrected chi connectivity index (χ4v) is 4.82. The van der Waals surface area contributed by atoms with Crippen molar-refractivity contribution in [2.75, 3.05) is 18.0 Å². The molecule has 0 atom stereocenters. The van der Waals surface area contributed by atoms with E-state index >= 15 is 0 Å². The number of rotatable bonds is 5. The molecule has 0 unspecified atom stereocenters. The second kappa shape index (κ2) is 8.08. The highest BCUT2D eigenvalue weighted by atomic mass is 35.5. The van der Waals surface area contributed by atoms with Crippen LogP contribution in [0, 0.1) is 10.1 Å². The molecule has 0 radical (unpaired) electrons. The van der Waals surface area contributed by atoms with E-state index in [1.54, 1.807) is 6.07 Å². The Labute approximate surface area is 178 Å². The van der Waals surface area contributed by atoms with E-state index in [0.717, 1.165) is 19.3 Å². The van der Waals surface area contributed by atoms with Crippen LogP contribution in [0.1, 0.15) is 19.3 Å². The van der Waals surface area contributed by atoms with Gasteiger partial charge < -0.3 is 9.32 Å². The maximum absolute atomic E-state index is 13.3. The van der Waals surface area contributed by atoms with Crippen molar-refractivity contribution >= 4 is 33.0 Å². The van der Waals surface area contributed by atoms with Gasteiger partial charge >= 0.3 is 0 Å². The molecule has 2 aromatic carbocycles.